The number of hydrogen-bond donors (Lipinski definition) is 2. The number of rotatable bonds is 5. The summed E-state index contributed by atoms with van der Waals surface area (Å²) in [6.45, 7) is 7.45. The van der Waals surface area contributed by atoms with Gasteiger partial charge in [0.25, 0.3) is 0 Å². The van der Waals surface area contributed by atoms with Crippen LogP contribution in [0.3, 0.4) is 0 Å². The highest BCUT2D eigenvalue weighted by Gasteiger charge is 2.45. The molecule has 2 aromatic rings. The molecule has 0 spiro atoms. The summed E-state index contributed by atoms with van der Waals surface area (Å²) in [5.74, 6) is 2.87. The van der Waals surface area contributed by atoms with Crippen LogP contribution in [0.1, 0.15) is 39.5 Å². The molecule has 4 bridgehead atoms. The molecular weight excluding hydrogens is 404 g/mol. The third-order valence-corrected chi connectivity index (χ3v) is 7.56. The summed E-state index contributed by atoms with van der Waals surface area (Å²) >= 11 is 0. The maximum atomic E-state index is 10.3. The van der Waals surface area contributed by atoms with Crippen LogP contribution in [-0.2, 0) is 0 Å². The van der Waals surface area contributed by atoms with Gasteiger partial charge < -0.3 is 20.6 Å². The van der Waals surface area contributed by atoms with Crippen molar-refractivity contribution < 1.29 is 5.11 Å². The molecule has 6 aliphatic rings. The Bertz CT molecular complexity index is 1000. The monoisotopic (exact) mass is 436 g/mol. The normalized spacial score (nSPS) is 29.5. The summed E-state index contributed by atoms with van der Waals surface area (Å²) < 4.78 is 0. The van der Waals surface area contributed by atoms with Gasteiger partial charge in [-0.15, -0.1) is 0 Å². The molecule has 1 saturated carbocycles. The van der Waals surface area contributed by atoms with E-state index in [2.05, 4.69) is 30.7 Å². The van der Waals surface area contributed by atoms with Crippen LogP contribution in [-0.4, -0.2) is 79.8 Å². The van der Waals surface area contributed by atoms with Crippen LogP contribution in [0.15, 0.2) is 18.5 Å². The van der Waals surface area contributed by atoms with Gasteiger partial charge in [0, 0.05) is 68.3 Å². The van der Waals surface area contributed by atoms with Gasteiger partial charge in [-0.2, -0.15) is 4.98 Å². The highest BCUT2D eigenvalue weighted by atomic mass is 16.3. The van der Waals surface area contributed by atoms with E-state index in [4.69, 9.17) is 15.7 Å². The first-order valence-corrected chi connectivity index (χ1v) is 11.8. The van der Waals surface area contributed by atoms with E-state index in [0.29, 0.717) is 24.7 Å². The molecule has 6 fully saturated rings. The second-order valence-electron chi connectivity index (χ2n) is 10.7. The fraction of sp³-hybridized carbons (Fsp3) is 0.652. The number of nitrogen functional groups attached to an aromatic ring is 1. The molecule has 1 aliphatic carbocycles. The van der Waals surface area contributed by atoms with E-state index in [0.717, 1.165) is 55.0 Å². The van der Waals surface area contributed by atoms with Crippen molar-refractivity contribution in [3.05, 3.63) is 18.5 Å². The Morgan fingerprint density at radius 2 is 1.75 bits per heavy atom. The first-order valence-electron chi connectivity index (χ1n) is 11.8. The van der Waals surface area contributed by atoms with Gasteiger partial charge in [0.2, 0.25) is 11.9 Å². The van der Waals surface area contributed by atoms with E-state index in [1.807, 2.05) is 13.8 Å². The molecule has 170 valence electrons. The molecule has 2 atom stereocenters. The molecule has 5 saturated heterocycles. The number of nitrogens with zero attached hydrogens (tertiary/aromatic N) is 7. The Morgan fingerprint density at radius 3 is 2.38 bits per heavy atom. The first kappa shape index (κ1) is 20.1. The van der Waals surface area contributed by atoms with Crippen molar-refractivity contribution in [2.24, 2.45) is 5.92 Å². The molecule has 5 aliphatic heterocycles. The number of piperazine rings is 1. The number of nitrogens with two attached hydrogens (primary N) is 1. The van der Waals surface area contributed by atoms with Crippen LogP contribution in [0.4, 0.5) is 17.7 Å². The highest BCUT2D eigenvalue weighted by molar-refractivity contribution is 5.65. The average Bonchev–Trinajstić information content (AvgIpc) is 3.35. The Balaban J connectivity index is 1.33. The third kappa shape index (κ3) is 3.57. The van der Waals surface area contributed by atoms with Gasteiger partial charge in [-0.3, -0.25) is 4.90 Å². The lowest BCUT2D eigenvalue weighted by molar-refractivity contribution is -0.00478. The summed E-state index contributed by atoms with van der Waals surface area (Å²) in [6, 6.07) is 3.49. The standard InChI is InChI=1S/C23H32N8O/c1-23(2,32)13-29-11-17-4-3-16(29)12-30(17)20-7-19(15-8-25-21(24)26-9-15)27-22(28-20)31-10-14-5-18(31)6-14/h7-9,14,16-18,32H,3-6,10-13H2,1-2H3,(H2,24,25,26)/t14?,16-,17-,18?/m0/s1. The van der Waals surface area contributed by atoms with Gasteiger partial charge in [-0.05, 0) is 45.4 Å². The Hall–Kier alpha value is -2.52. The summed E-state index contributed by atoms with van der Waals surface area (Å²) in [6.07, 6.45) is 8.33. The van der Waals surface area contributed by atoms with Crippen molar-refractivity contribution in [2.45, 2.75) is 63.3 Å². The van der Waals surface area contributed by atoms with Gasteiger partial charge in [-0.25, -0.2) is 15.0 Å². The van der Waals surface area contributed by atoms with Crippen LogP contribution in [0.5, 0.6) is 0 Å². The van der Waals surface area contributed by atoms with Crippen molar-refractivity contribution >= 4 is 17.7 Å². The molecule has 32 heavy (non-hydrogen) atoms. The summed E-state index contributed by atoms with van der Waals surface area (Å²) in [4.78, 5) is 25.7. The molecular formula is C23H32N8O. The number of hydrogen-bond acceptors (Lipinski definition) is 9. The van der Waals surface area contributed by atoms with Gasteiger partial charge in [0.05, 0.1) is 11.3 Å². The number of aliphatic hydroxyl groups is 1. The third-order valence-electron chi connectivity index (χ3n) is 7.56. The minimum Gasteiger partial charge on any atom is -0.389 e. The first-order chi connectivity index (χ1) is 15.3. The number of aromatic nitrogens is 4. The quantitative estimate of drug-likeness (QED) is 0.721. The number of anilines is 3. The fourth-order valence-corrected chi connectivity index (χ4v) is 5.98. The average molecular weight is 437 g/mol. The maximum Gasteiger partial charge on any atom is 0.228 e. The topological polar surface area (TPSA) is 108 Å². The zero-order valence-electron chi connectivity index (χ0n) is 18.9. The molecule has 3 N–H and O–H groups in total. The molecule has 9 nitrogen and oxygen atoms in total. The van der Waals surface area contributed by atoms with Gasteiger partial charge >= 0.3 is 0 Å². The van der Waals surface area contributed by atoms with Gasteiger partial charge in [0.15, 0.2) is 0 Å². The lowest BCUT2D eigenvalue weighted by atomic mass is 9.86. The molecule has 2 aromatic heterocycles. The smallest absolute Gasteiger partial charge is 0.228 e. The zero-order valence-corrected chi connectivity index (χ0v) is 18.9. The van der Waals surface area contributed by atoms with E-state index in [1.54, 1.807) is 12.4 Å². The fourth-order valence-electron chi connectivity index (χ4n) is 5.98. The Labute approximate surface area is 188 Å². The van der Waals surface area contributed by atoms with Gasteiger partial charge in [0.1, 0.15) is 5.82 Å². The molecule has 8 rings (SSSR count). The molecule has 0 amide bonds. The number of piperidine rings is 2. The van der Waals surface area contributed by atoms with E-state index < -0.39 is 5.60 Å². The summed E-state index contributed by atoms with van der Waals surface area (Å²) in [5, 5.41) is 10.3. The molecule has 9 heteroatoms. The largest absolute Gasteiger partial charge is 0.389 e. The lowest BCUT2D eigenvalue weighted by Crippen LogP contribution is -2.64. The highest BCUT2D eigenvalue weighted by Crippen LogP contribution is 2.43. The summed E-state index contributed by atoms with van der Waals surface area (Å²) in [5.41, 5.74) is 6.74. The van der Waals surface area contributed by atoms with Crippen LogP contribution in [0, 0.1) is 5.92 Å². The maximum absolute atomic E-state index is 10.3. The van der Waals surface area contributed by atoms with E-state index in [9.17, 15) is 5.11 Å². The van der Waals surface area contributed by atoms with Crippen molar-refractivity contribution in [3.8, 4) is 11.3 Å². The van der Waals surface area contributed by atoms with Crippen LogP contribution >= 0.6 is 0 Å². The molecule has 0 unspecified atom stereocenters. The van der Waals surface area contributed by atoms with Crippen molar-refractivity contribution in [1.29, 1.82) is 0 Å². The molecule has 0 aromatic carbocycles. The summed E-state index contributed by atoms with van der Waals surface area (Å²) in [7, 11) is 0. The predicted octanol–water partition coefficient (Wildman–Crippen LogP) is 1.54. The van der Waals surface area contributed by atoms with Crippen molar-refractivity contribution in [1.82, 2.24) is 24.8 Å². The van der Waals surface area contributed by atoms with E-state index in [-0.39, 0.29) is 5.95 Å². The van der Waals surface area contributed by atoms with Crippen LogP contribution < -0.4 is 15.5 Å². The Kier molecular flexibility index (Phi) is 4.55. The lowest BCUT2D eigenvalue weighted by Gasteiger charge is -2.53. The van der Waals surface area contributed by atoms with Crippen LogP contribution in [0.2, 0.25) is 0 Å². The minimum absolute atomic E-state index is 0.267. The van der Waals surface area contributed by atoms with E-state index in [1.165, 1.54) is 19.3 Å². The molecule has 0 radical (unpaired) electrons. The SMILES string of the molecule is CC(C)(O)CN1C[C@@H]2CC[C@H]1CN2c1cc(-c2cnc(N)nc2)nc(N2CC3CC2C3)n1. The minimum atomic E-state index is -0.677. The predicted molar refractivity (Wildman–Crippen MR) is 123 cm³/mol. The van der Waals surface area contributed by atoms with Crippen molar-refractivity contribution in [3.63, 3.8) is 0 Å². The second-order valence-corrected chi connectivity index (χ2v) is 10.7. The van der Waals surface area contributed by atoms with Crippen LogP contribution in [0.25, 0.3) is 11.3 Å². The second kappa shape index (κ2) is 7.25. The number of fused-ring (bicyclic) bond motifs is 4. The zero-order chi connectivity index (χ0) is 22.0. The van der Waals surface area contributed by atoms with Gasteiger partial charge in [-0.1, -0.05) is 0 Å². The van der Waals surface area contributed by atoms with Crippen molar-refractivity contribution in [2.75, 3.05) is 41.7 Å². The van der Waals surface area contributed by atoms with E-state index >= 15 is 0 Å². The molecule has 7 heterocycles. The Morgan fingerprint density at radius 1 is 1.00 bits per heavy atom.